The number of nitrogens with zero attached hydrogens (tertiary/aromatic N) is 1. The quantitative estimate of drug-likeness (QED) is 0.761. The molecular weight excluding hydrogens is 336 g/mol. The van der Waals surface area contributed by atoms with E-state index in [2.05, 4.69) is 4.72 Å². The number of rotatable bonds is 5. The molecule has 0 radical (unpaired) electrons. The van der Waals surface area contributed by atoms with E-state index in [0.717, 1.165) is 33.3 Å². The Hall–Kier alpha value is -2.31. The van der Waals surface area contributed by atoms with Crippen LogP contribution in [0.3, 0.4) is 0 Å². The molecule has 25 heavy (non-hydrogen) atoms. The van der Waals surface area contributed by atoms with Gasteiger partial charge < -0.3 is 9.30 Å². The summed E-state index contributed by atoms with van der Waals surface area (Å²) in [6, 6.07) is 10.9. The molecule has 0 aliphatic heterocycles. The number of ether oxygens (including phenoxy) is 1. The molecule has 0 atom stereocenters. The third-order valence-corrected chi connectivity index (χ3v) is 5.92. The third-order valence-electron chi connectivity index (χ3n) is 4.52. The van der Waals surface area contributed by atoms with Crippen molar-refractivity contribution in [3.05, 3.63) is 59.3 Å². The summed E-state index contributed by atoms with van der Waals surface area (Å²) in [4.78, 5) is 0.286. The lowest BCUT2D eigenvalue weighted by atomic mass is 10.1. The summed E-state index contributed by atoms with van der Waals surface area (Å²) in [7, 11) is -0.00542. The number of fused-ring (bicyclic) bond motifs is 1. The monoisotopic (exact) mass is 358 g/mol. The van der Waals surface area contributed by atoms with Crippen molar-refractivity contribution < 1.29 is 13.2 Å². The van der Waals surface area contributed by atoms with Gasteiger partial charge in [0.25, 0.3) is 0 Å². The summed E-state index contributed by atoms with van der Waals surface area (Å²) in [5.74, 6) is 0.747. The molecule has 0 bridgehead atoms. The zero-order valence-corrected chi connectivity index (χ0v) is 15.6. The van der Waals surface area contributed by atoms with Crippen molar-refractivity contribution in [2.45, 2.75) is 25.3 Å². The average Bonchev–Trinajstić information content (AvgIpc) is 2.91. The van der Waals surface area contributed by atoms with Crippen molar-refractivity contribution >= 4 is 20.9 Å². The number of methoxy groups -OCH3 is 1. The molecule has 0 unspecified atom stereocenters. The summed E-state index contributed by atoms with van der Waals surface area (Å²) in [6.45, 7) is 4.09. The van der Waals surface area contributed by atoms with Crippen molar-refractivity contribution in [2.24, 2.45) is 7.05 Å². The second-order valence-corrected chi connectivity index (χ2v) is 7.99. The standard InChI is InChI=1S/C19H22N2O3S/c1-13-5-7-17(9-14(13)2)25(22,23)20-11-15-12-21(3)19-8-6-16(24-4)10-18(15)19/h5-10,12,20H,11H2,1-4H3. The Balaban J connectivity index is 1.90. The third kappa shape index (κ3) is 3.41. The molecule has 6 heteroatoms. The first-order valence-electron chi connectivity index (χ1n) is 8.00. The summed E-state index contributed by atoms with van der Waals surface area (Å²) >= 11 is 0. The molecule has 0 amide bonds. The van der Waals surface area contributed by atoms with Crippen LogP contribution in [0.5, 0.6) is 5.75 Å². The van der Waals surface area contributed by atoms with Crippen molar-refractivity contribution in [1.82, 2.24) is 9.29 Å². The molecule has 1 heterocycles. The van der Waals surface area contributed by atoms with E-state index in [9.17, 15) is 8.42 Å². The van der Waals surface area contributed by atoms with E-state index in [4.69, 9.17) is 4.74 Å². The Labute approximate surface area is 148 Å². The number of hydrogen-bond acceptors (Lipinski definition) is 3. The van der Waals surface area contributed by atoms with Gasteiger partial charge in [-0.3, -0.25) is 0 Å². The molecular formula is C19H22N2O3S. The van der Waals surface area contributed by atoms with Crippen LogP contribution in [0.2, 0.25) is 0 Å². The molecule has 0 aliphatic carbocycles. The normalized spacial score (nSPS) is 11.8. The van der Waals surface area contributed by atoms with Crippen LogP contribution < -0.4 is 9.46 Å². The van der Waals surface area contributed by atoms with E-state index in [-0.39, 0.29) is 11.4 Å². The maximum atomic E-state index is 12.6. The minimum absolute atomic E-state index is 0.222. The van der Waals surface area contributed by atoms with Gasteiger partial charge >= 0.3 is 0 Å². The molecule has 0 fully saturated rings. The van der Waals surface area contributed by atoms with Crippen LogP contribution in [0.15, 0.2) is 47.5 Å². The first kappa shape index (κ1) is 17.5. The number of sulfonamides is 1. The van der Waals surface area contributed by atoms with Crippen LogP contribution in [-0.4, -0.2) is 20.1 Å². The molecule has 0 spiro atoms. The van der Waals surface area contributed by atoms with Gasteiger partial charge in [0.2, 0.25) is 10.0 Å². The van der Waals surface area contributed by atoms with Crippen LogP contribution in [-0.2, 0) is 23.6 Å². The molecule has 132 valence electrons. The topological polar surface area (TPSA) is 60.3 Å². The average molecular weight is 358 g/mol. The molecule has 0 saturated heterocycles. The molecule has 0 aliphatic rings. The summed E-state index contributed by atoms with van der Waals surface area (Å²) < 4.78 is 35.1. The molecule has 3 aromatic rings. The summed E-state index contributed by atoms with van der Waals surface area (Å²) in [5, 5.41) is 0.977. The lowest BCUT2D eigenvalue weighted by Crippen LogP contribution is -2.23. The number of aryl methyl sites for hydroxylation is 3. The van der Waals surface area contributed by atoms with Crippen molar-refractivity contribution in [2.75, 3.05) is 7.11 Å². The van der Waals surface area contributed by atoms with Gasteiger partial charge in [-0.2, -0.15) is 0 Å². The van der Waals surface area contributed by atoms with Gasteiger partial charge in [0.1, 0.15) is 5.75 Å². The van der Waals surface area contributed by atoms with E-state index < -0.39 is 10.0 Å². The number of hydrogen-bond donors (Lipinski definition) is 1. The van der Waals surface area contributed by atoms with Crippen LogP contribution in [0.4, 0.5) is 0 Å². The van der Waals surface area contributed by atoms with E-state index in [1.54, 1.807) is 19.2 Å². The Morgan fingerprint density at radius 3 is 2.52 bits per heavy atom. The molecule has 1 N–H and O–H groups in total. The van der Waals surface area contributed by atoms with E-state index in [0.29, 0.717) is 0 Å². The van der Waals surface area contributed by atoms with Crippen molar-refractivity contribution in [3.63, 3.8) is 0 Å². The van der Waals surface area contributed by atoms with Crippen molar-refractivity contribution in [3.8, 4) is 5.75 Å². The Morgan fingerprint density at radius 1 is 1.08 bits per heavy atom. The van der Waals surface area contributed by atoms with E-state index in [1.165, 1.54) is 0 Å². The van der Waals surface area contributed by atoms with Crippen LogP contribution in [0.1, 0.15) is 16.7 Å². The first-order valence-corrected chi connectivity index (χ1v) is 9.49. The highest BCUT2D eigenvalue weighted by Crippen LogP contribution is 2.26. The largest absolute Gasteiger partial charge is 0.497 e. The number of benzene rings is 2. The highest BCUT2D eigenvalue weighted by Gasteiger charge is 2.16. The Kier molecular flexibility index (Phi) is 4.58. The number of aromatic nitrogens is 1. The SMILES string of the molecule is COc1ccc2c(c1)c(CNS(=O)(=O)c1ccc(C)c(C)c1)cn2C. The lowest BCUT2D eigenvalue weighted by Gasteiger charge is -2.08. The second-order valence-electron chi connectivity index (χ2n) is 6.22. The van der Waals surface area contributed by atoms with Crippen molar-refractivity contribution in [1.29, 1.82) is 0 Å². The van der Waals surface area contributed by atoms with E-state index >= 15 is 0 Å². The number of nitrogens with one attached hydrogen (secondary N) is 1. The fourth-order valence-electron chi connectivity index (χ4n) is 2.86. The lowest BCUT2D eigenvalue weighted by molar-refractivity contribution is 0.415. The zero-order valence-electron chi connectivity index (χ0n) is 14.8. The van der Waals surface area contributed by atoms with E-state index in [1.807, 2.05) is 55.9 Å². The van der Waals surface area contributed by atoms with Gasteiger partial charge in [0.05, 0.1) is 12.0 Å². The fraction of sp³-hybridized carbons (Fsp3) is 0.263. The van der Waals surface area contributed by atoms with Gasteiger partial charge in [-0.1, -0.05) is 6.07 Å². The van der Waals surface area contributed by atoms with Gasteiger partial charge in [-0.25, -0.2) is 13.1 Å². The van der Waals surface area contributed by atoms with Gasteiger partial charge in [-0.15, -0.1) is 0 Å². The van der Waals surface area contributed by atoms with Crippen LogP contribution in [0, 0.1) is 13.8 Å². The highest BCUT2D eigenvalue weighted by molar-refractivity contribution is 7.89. The molecule has 1 aromatic heterocycles. The molecule has 3 rings (SSSR count). The maximum Gasteiger partial charge on any atom is 0.240 e. The van der Waals surface area contributed by atoms with Gasteiger partial charge in [0.15, 0.2) is 0 Å². The highest BCUT2D eigenvalue weighted by atomic mass is 32.2. The Morgan fingerprint density at radius 2 is 1.84 bits per heavy atom. The minimum atomic E-state index is -3.56. The molecule has 0 saturated carbocycles. The summed E-state index contributed by atoms with van der Waals surface area (Å²) in [5.41, 5.74) is 3.96. The molecule has 5 nitrogen and oxygen atoms in total. The zero-order chi connectivity index (χ0) is 18.2. The first-order chi connectivity index (χ1) is 11.8. The molecule has 2 aromatic carbocycles. The van der Waals surface area contributed by atoms with Gasteiger partial charge in [0, 0.05) is 30.7 Å². The summed E-state index contributed by atoms with van der Waals surface area (Å²) in [6.07, 6.45) is 1.94. The predicted octanol–water partition coefficient (Wildman–Crippen LogP) is 3.28. The smallest absolute Gasteiger partial charge is 0.240 e. The van der Waals surface area contributed by atoms with Gasteiger partial charge in [-0.05, 0) is 60.9 Å². The predicted molar refractivity (Wildman–Crippen MR) is 99.4 cm³/mol. The van der Waals surface area contributed by atoms with Crippen LogP contribution >= 0.6 is 0 Å². The Bertz CT molecular complexity index is 1040. The maximum absolute atomic E-state index is 12.6. The minimum Gasteiger partial charge on any atom is -0.497 e. The second kappa shape index (κ2) is 6.54. The fourth-order valence-corrected chi connectivity index (χ4v) is 3.95. The van der Waals surface area contributed by atoms with Crippen LogP contribution in [0.25, 0.3) is 10.9 Å².